The molecular formula is C12H15BrN2O3. The maximum absolute atomic E-state index is 11.9. The van der Waals surface area contributed by atoms with Crippen molar-refractivity contribution in [2.75, 3.05) is 0 Å². The Bertz CT molecular complexity index is 449. The zero-order valence-corrected chi connectivity index (χ0v) is 11.8. The second kappa shape index (κ2) is 6.49. The zero-order chi connectivity index (χ0) is 13.7. The first-order valence-electron chi connectivity index (χ1n) is 5.59. The summed E-state index contributed by atoms with van der Waals surface area (Å²) in [6, 6.07) is 5.71. The molecule has 1 aromatic carbocycles. The third-order valence-corrected chi connectivity index (χ3v) is 2.75. The minimum atomic E-state index is -0.513. The van der Waals surface area contributed by atoms with Crippen molar-refractivity contribution in [2.24, 2.45) is 0 Å². The number of nitrogens with zero attached hydrogens (tertiary/aromatic N) is 1. The maximum atomic E-state index is 11.9. The number of nitrogens with one attached hydrogen (secondary N) is 1. The van der Waals surface area contributed by atoms with Crippen LogP contribution in [0.2, 0.25) is 0 Å². The summed E-state index contributed by atoms with van der Waals surface area (Å²) in [7, 11) is 0. The third kappa shape index (κ3) is 4.44. The Morgan fingerprint density at radius 1 is 1.50 bits per heavy atom. The van der Waals surface area contributed by atoms with Crippen LogP contribution in [-0.4, -0.2) is 21.7 Å². The molecule has 0 saturated carbocycles. The Morgan fingerprint density at radius 3 is 2.72 bits per heavy atom. The molecule has 0 spiro atoms. The van der Waals surface area contributed by atoms with Gasteiger partial charge in [0.15, 0.2) is 0 Å². The molecule has 1 amide bonds. The second-order valence-corrected chi connectivity index (χ2v) is 5.76. The molecule has 0 aromatic heterocycles. The van der Waals surface area contributed by atoms with Crippen LogP contribution in [0.25, 0.3) is 0 Å². The summed E-state index contributed by atoms with van der Waals surface area (Å²) in [5.74, 6) is -0.292. The van der Waals surface area contributed by atoms with Crippen LogP contribution in [0.4, 0.5) is 5.69 Å². The van der Waals surface area contributed by atoms with Crippen molar-refractivity contribution in [3.63, 3.8) is 0 Å². The second-order valence-electron chi connectivity index (χ2n) is 4.20. The van der Waals surface area contributed by atoms with Gasteiger partial charge in [-0.3, -0.25) is 14.9 Å². The standard InChI is InChI=1S/C12H15BrN2O3/c1-8(13)6-9(2)14-12(16)10-4-3-5-11(7-10)15(17)18/h3-5,7-9H,6H2,1-2H3,(H,14,16). The molecule has 0 aliphatic heterocycles. The number of rotatable bonds is 5. The van der Waals surface area contributed by atoms with E-state index in [1.54, 1.807) is 6.07 Å². The van der Waals surface area contributed by atoms with Crippen molar-refractivity contribution in [3.8, 4) is 0 Å². The van der Waals surface area contributed by atoms with Crippen LogP contribution in [0.3, 0.4) is 0 Å². The lowest BCUT2D eigenvalue weighted by atomic mass is 10.1. The summed E-state index contributed by atoms with van der Waals surface area (Å²) < 4.78 is 0. The summed E-state index contributed by atoms with van der Waals surface area (Å²) in [6.07, 6.45) is 0.792. The Hall–Kier alpha value is -1.43. The summed E-state index contributed by atoms with van der Waals surface area (Å²) in [4.78, 5) is 22.3. The molecule has 0 saturated heterocycles. The number of hydrogen-bond donors (Lipinski definition) is 1. The smallest absolute Gasteiger partial charge is 0.270 e. The van der Waals surface area contributed by atoms with Crippen LogP contribution >= 0.6 is 15.9 Å². The summed E-state index contributed by atoms with van der Waals surface area (Å²) in [6.45, 7) is 3.89. The number of benzene rings is 1. The van der Waals surface area contributed by atoms with Gasteiger partial charge in [-0.15, -0.1) is 0 Å². The fourth-order valence-corrected chi connectivity index (χ4v) is 2.17. The van der Waals surface area contributed by atoms with Gasteiger partial charge in [-0.05, 0) is 19.4 Å². The van der Waals surface area contributed by atoms with Crippen LogP contribution in [-0.2, 0) is 0 Å². The lowest BCUT2D eigenvalue weighted by Crippen LogP contribution is -2.33. The first kappa shape index (κ1) is 14.6. The molecule has 0 aliphatic rings. The minimum Gasteiger partial charge on any atom is -0.350 e. The number of nitro groups is 1. The van der Waals surface area contributed by atoms with Gasteiger partial charge >= 0.3 is 0 Å². The van der Waals surface area contributed by atoms with Crippen molar-refractivity contribution in [1.29, 1.82) is 0 Å². The number of carbonyl (C=O) groups excluding carboxylic acids is 1. The molecule has 1 rings (SSSR count). The summed E-state index contributed by atoms with van der Waals surface area (Å²) in [5.41, 5.74) is 0.224. The van der Waals surface area contributed by atoms with Crippen LogP contribution in [0, 0.1) is 10.1 Å². The van der Waals surface area contributed by atoms with Crippen molar-refractivity contribution in [3.05, 3.63) is 39.9 Å². The predicted molar refractivity (Wildman–Crippen MR) is 73.0 cm³/mol. The van der Waals surface area contributed by atoms with Gasteiger partial charge in [0, 0.05) is 28.6 Å². The van der Waals surface area contributed by atoms with Crippen molar-refractivity contribution < 1.29 is 9.72 Å². The molecule has 98 valence electrons. The number of carbonyl (C=O) groups is 1. The van der Waals surface area contributed by atoms with Crippen LogP contribution in [0.15, 0.2) is 24.3 Å². The molecule has 2 unspecified atom stereocenters. The topological polar surface area (TPSA) is 72.2 Å². The molecule has 1 aromatic rings. The number of halogens is 1. The maximum Gasteiger partial charge on any atom is 0.270 e. The van der Waals surface area contributed by atoms with Crippen LogP contribution < -0.4 is 5.32 Å². The minimum absolute atomic E-state index is 0.00568. The van der Waals surface area contributed by atoms with E-state index >= 15 is 0 Å². The van der Waals surface area contributed by atoms with Crippen LogP contribution in [0.1, 0.15) is 30.6 Å². The van der Waals surface area contributed by atoms with Gasteiger partial charge in [0.2, 0.25) is 0 Å². The van der Waals surface area contributed by atoms with E-state index in [1.807, 2.05) is 13.8 Å². The molecule has 1 N–H and O–H groups in total. The lowest BCUT2D eigenvalue weighted by Gasteiger charge is -2.15. The number of nitro benzene ring substituents is 1. The molecule has 5 nitrogen and oxygen atoms in total. The van der Waals surface area contributed by atoms with E-state index in [1.165, 1.54) is 18.2 Å². The van der Waals surface area contributed by atoms with E-state index in [2.05, 4.69) is 21.2 Å². The summed E-state index contributed by atoms with van der Waals surface area (Å²) in [5, 5.41) is 13.4. The first-order valence-corrected chi connectivity index (χ1v) is 6.51. The van der Waals surface area contributed by atoms with E-state index in [0.717, 1.165) is 6.42 Å². The molecule has 0 aliphatic carbocycles. The number of hydrogen-bond acceptors (Lipinski definition) is 3. The Morgan fingerprint density at radius 2 is 2.17 bits per heavy atom. The van der Waals surface area contributed by atoms with Crippen LogP contribution in [0.5, 0.6) is 0 Å². The van der Waals surface area contributed by atoms with E-state index in [9.17, 15) is 14.9 Å². The molecule has 18 heavy (non-hydrogen) atoms. The summed E-state index contributed by atoms with van der Waals surface area (Å²) >= 11 is 3.41. The molecule has 0 fully saturated rings. The van der Waals surface area contributed by atoms with Gasteiger partial charge in [0.25, 0.3) is 11.6 Å². The van der Waals surface area contributed by atoms with Gasteiger partial charge in [-0.2, -0.15) is 0 Å². The van der Waals surface area contributed by atoms with Crippen molar-refractivity contribution in [2.45, 2.75) is 31.1 Å². The largest absolute Gasteiger partial charge is 0.350 e. The van der Waals surface area contributed by atoms with Gasteiger partial charge in [-0.25, -0.2) is 0 Å². The van der Waals surface area contributed by atoms with Crippen molar-refractivity contribution >= 4 is 27.5 Å². The van der Waals surface area contributed by atoms with Gasteiger partial charge in [-0.1, -0.05) is 28.9 Å². The average molecular weight is 315 g/mol. The predicted octanol–water partition coefficient (Wildman–Crippen LogP) is 2.89. The first-order chi connectivity index (χ1) is 8.40. The number of amides is 1. The van der Waals surface area contributed by atoms with E-state index in [0.29, 0.717) is 10.4 Å². The number of alkyl halides is 1. The average Bonchev–Trinajstić information content (AvgIpc) is 2.27. The highest BCUT2D eigenvalue weighted by molar-refractivity contribution is 9.09. The van der Waals surface area contributed by atoms with Crippen molar-refractivity contribution in [1.82, 2.24) is 5.32 Å². The highest BCUT2D eigenvalue weighted by atomic mass is 79.9. The molecule has 0 bridgehead atoms. The Labute approximate surface area is 114 Å². The van der Waals surface area contributed by atoms with Gasteiger partial charge in [0.1, 0.15) is 0 Å². The molecule has 0 radical (unpaired) electrons. The Kier molecular flexibility index (Phi) is 5.27. The molecular weight excluding hydrogens is 300 g/mol. The SMILES string of the molecule is CC(Br)CC(C)NC(=O)c1cccc([N+](=O)[O-])c1. The van der Waals surface area contributed by atoms with Gasteiger partial charge < -0.3 is 5.32 Å². The quantitative estimate of drug-likeness (QED) is 0.516. The van der Waals surface area contributed by atoms with E-state index in [4.69, 9.17) is 0 Å². The molecule has 2 atom stereocenters. The normalized spacial score (nSPS) is 13.7. The fourth-order valence-electron chi connectivity index (χ4n) is 1.61. The third-order valence-electron chi connectivity index (χ3n) is 2.37. The lowest BCUT2D eigenvalue weighted by molar-refractivity contribution is -0.384. The fraction of sp³-hybridized carbons (Fsp3) is 0.417. The number of non-ortho nitro benzene ring substituents is 1. The highest BCUT2D eigenvalue weighted by Gasteiger charge is 2.14. The monoisotopic (exact) mass is 314 g/mol. The Balaban J connectivity index is 2.72. The van der Waals surface area contributed by atoms with Gasteiger partial charge in [0.05, 0.1) is 4.92 Å². The van der Waals surface area contributed by atoms with E-state index < -0.39 is 4.92 Å². The van der Waals surface area contributed by atoms with E-state index in [-0.39, 0.29) is 17.6 Å². The molecule has 0 heterocycles. The highest BCUT2D eigenvalue weighted by Crippen LogP contribution is 2.13. The molecule has 6 heteroatoms. The zero-order valence-electron chi connectivity index (χ0n) is 10.2.